The molecule has 3 aromatic carbocycles. The van der Waals surface area contributed by atoms with Crippen LogP contribution in [0.2, 0.25) is 5.02 Å². The van der Waals surface area contributed by atoms with Gasteiger partial charge in [0.1, 0.15) is 5.75 Å². The number of nitrogens with zero attached hydrogens (tertiary/aromatic N) is 4. The van der Waals surface area contributed by atoms with Crippen LogP contribution in [-0.2, 0) is 4.79 Å². The quantitative estimate of drug-likeness (QED) is 0.357. The average Bonchev–Trinajstić information content (AvgIpc) is 2.95. The summed E-state index contributed by atoms with van der Waals surface area (Å²) in [5.74, 6) is 0.504. The molecular formula is C30H28ClN5O4. The van der Waals surface area contributed by atoms with Crippen LogP contribution in [-0.4, -0.2) is 57.6 Å². The van der Waals surface area contributed by atoms with Crippen LogP contribution in [0, 0.1) is 6.92 Å². The number of benzene rings is 3. The number of hydrogen-bond donors (Lipinski definition) is 1. The normalized spacial score (nSPS) is 13.2. The minimum atomic E-state index is -0.429. The van der Waals surface area contributed by atoms with E-state index in [-0.39, 0.29) is 23.3 Å². The SMILES string of the molecule is CC(=O)N1CCN(C(=O)c2cccc(Nc3c(Oc4cccc(Cl)c4)cnn(-c4cccc(C)c4)c3=O)c2)CC1. The second-order valence-corrected chi connectivity index (χ2v) is 9.94. The van der Waals surface area contributed by atoms with Gasteiger partial charge in [-0.2, -0.15) is 9.78 Å². The molecular weight excluding hydrogens is 530 g/mol. The van der Waals surface area contributed by atoms with Gasteiger partial charge in [-0.1, -0.05) is 35.9 Å². The number of rotatable bonds is 6. The fraction of sp³-hybridized carbons (Fsp3) is 0.200. The molecule has 0 unspecified atom stereocenters. The van der Waals surface area contributed by atoms with E-state index in [9.17, 15) is 14.4 Å². The van der Waals surface area contributed by atoms with Crippen LogP contribution in [0.5, 0.6) is 11.5 Å². The summed E-state index contributed by atoms with van der Waals surface area (Å²) in [5.41, 5.74) is 2.31. The van der Waals surface area contributed by atoms with Crippen molar-refractivity contribution in [1.82, 2.24) is 19.6 Å². The lowest BCUT2D eigenvalue weighted by Crippen LogP contribution is -2.50. The van der Waals surface area contributed by atoms with Crippen LogP contribution in [0.4, 0.5) is 11.4 Å². The highest BCUT2D eigenvalue weighted by Crippen LogP contribution is 2.30. The molecule has 0 atom stereocenters. The summed E-state index contributed by atoms with van der Waals surface area (Å²) >= 11 is 6.13. The molecule has 0 aliphatic carbocycles. The predicted molar refractivity (Wildman–Crippen MR) is 154 cm³/mol. The van der Waals surface area contributed by atoms with Crippen LogP contribution in [0.25, 0.3) is 5.69 Å². The van der Waals surface area contributed by atoms with E-state index in [1.807, 2.05) is 25.1 Å². The Hall–Kier alpha value is -4.63. The number of aryl methyl sites for hydroxylation is 1. The molecule has 4 aromatic rings. The van der Waals surface area contributed by atoms with Gasteiger partial charge in [0.25, 0.3) is 11.5 Å². The highest BCUT2D eigenvalue weighted by atomic mass is 35.5. The first-order valence-electron chi connectivity index (χ1n) is 12.8. The lowest BCUT2D eigenvalue weighted by Gasteiger charge is -2.34. The Kier molecular flexibility index (Phi) is 7.84. The summed E-state index contributed by atoms with van der Waals surface area (Å²) in [6, 6.07) is 21.2. The topological polar surface area (TPSA) is 96.8 Å². The number of halogens is 1. The number of amides is 2. The van der Waals surface area contributed by atoms with Crippen LogP contribution < -0.4 is 15.6 Å². The lowest BCUT2D eigenvalue weighted by molar-refractivity contribution is -0.130. The summed E-state index contributed by atoms with van der Waals surface area (Å²) < 4.78 is 7.33. The highest BCUT2D eigenvalue weighted by molar-refractivity contribution is 6.30. The van der Waals surface area contributed by atoms with Gasteiger partial charge in [0.15, 0.2) is 11.4 Å². The van der Waals surface area contributed by atoms with E-state index in [2.05, 4.69) is 10.4 Å². The summed E-state index contributed by atoms with van der Waals surface area (Å²) in [4.78, 5) is 42.1. The van der Waals surface area contributed by atoms with Gasteiger partial charge >= 0.3 is 0 Å². The van der Waals surface area contributed by atoms with Gasteiger partial charge in [-0.25, -0.2) is 0 Å². The van der Waals surface area contributed by atoms with Gasteiger partial charge in [0.05, 0.1) is 11.9 Å². The van der Waals surface area contributed by atoms with E-state index < -0.39 is 5.56 Å². The minimum Gasteiger partial charge on any atom is -0.453 e. The third kappa shape index (κ3) is 6.00. The second-order valence-electron chi connectivity index (χ2n) is 9.50. The molecule has 10 heteroatoms. The number of hydrogen-bond acceptors (Lipinski definition) is 6. The average molecular weight is 558 g/mol. The van der Waals surface area contributed by atoms with Crippen molar-refractivity contribution in [2.75, 3.05) is 31.5 Å². The van der Waals surface area contributed by atoms with Crippen molar-refractivity contribution >= 4 is 34.8 Å². The highest BCUT2D eigenvalue weighted by Gasteiger charge is 2.24. The van der Waals surface area contributed by atoms with Crippen molar-refractivity contribution in [2.45, 2.75) is 13.8 Å². The molecule has 1 N–H and O–H groups in total. The maximum atomic E-state index is 13.7. The third-order valence-corrected chi connectivity index (χ3v) is 6.84. The Bertz CT molecular complexity index is 1630. The van der Waals surface area contributed by atoms with E-state index in [4.69, 9.17) is 16.3 Å². The molecule has 1 saturated heterocycles. The number of aromatic nitrogens is 2. The zero-order valence-electron chi connectivity index (χ0n) is 22.1. The fourth-order valence-electron chi connectivity index (χ4n) is 4.51. The van der Waals surface area contributed by atoms with Crippen LogP contribution >= 0.6 is 11.6 Å². The second kappa shape index (κ2) is 11.6. The van der Waals surface area contributed by atoms with Crippen molar-refractivity contribution in [2.24, 2.45) is 0 Å². The zero-order valence-corrected chi connectivity index (χ0v) is 22.9. The van der Waals surface area contributed by atoms with Gasteiger partial charge in [-0.15, -0.1) is 0 Å². The minimum absolute atomic E-state index is 0.00256. The molecule has 204 valence electrons. The summed E-state index contributed by atoms with van der Waals surface area (Å²) in [7, 11) is 0. The number of nitrogens with one attached hydrogen (secondary N) is 1. The Labute approximate surface area is 236 Å². The Morgan fingerprint density at radius 3 is 2.38 bits per heavy atom. The first-order chi connectivity index (χ1) is 19.3. The van der Waals surface area contributed by atoms with E-state index in [1.54, 1.807) is 64.4 Å². The molecule has 5 rings (SSSR count). The fourth-order valence-corrected chi connectivity index (χ4v) is 4.69. The summed E-state index contributed by atoms with van der Waals surface area (Å²) in [6.07, 6.45) is 1.47. The zero-order chi connectivity index (χ0) is 28.2. The summed E-state index contributed by atoms with van der Waals surface area (Å²) in [6.45, 7) is 5.38. The van der Waals surface area contributed by atoms with E-state index in [0.29, 0.717) is 53.9 Å². The van der Waals surface area contributed by atoms with Crippen LogP contribution in [0.3, 0.4) is 0 Å². The van der Waals surface area contributed by atoms with Crippen molar-refractivity contribution in [3.05, 3.63) is 105 Å². The number of ether oxygens (including phenoxy) is 1. The lowest BCUT2D eigenvalue weighted by atomic mass is 10.1. The number of anilines is 2. The smallest absolute Gasteiger partial charge is 0.299 e. The molecule has 1 aromatic heterocycles. The van der Waals surface area contributed by atoms with Crippen molar-refractivity contribution in [3.8, 4) is 17.2 Å². The van der Waals surface area contributed by atoms with E-state index >= 15 is 0 Å². The molecule has 1 aliphatic heterocycles. The van der Waals surface area contributed by atoms with Crippen molar-refractivity contribution in [1.29, 1.82) is 0 Å². The van der Waals surface area contributed by atoms with Gasteiger partial charge < -0.3 is 19.9 Å². The van der Waals surface area contributed by atoms with Gasteiger partial charge in [0.2, 0.25) is 5.91 Å². The Balaban J connectivity index is 1.47. The van der Waals surface area contributed by atoms with Gasteiger partial charge in [-0.3, -0.25) is 14.4 Å². The largest absolute Gasteiger partial charge is 0.453 e. The number of carbonyl (C=O) groups excluding carboxylic acids is 2. The van der Waals surface area contributed by atoms with Crippen LogP contribution in [0.15, 0.2) is 83.8 Å². The number of carbonyl (C=O) groups is 2. The molecule has 2 amide bonds. The Morgan fingerprint density at radius 2 is 1.65 bits per heavy atom. The van der Waals surface area contributed by atoms with E-state index in [1.165, 1.54) is 17.8 Å². The monoisotopic (exact) mass is 557 g/mol. The molecule has 1 fully saturated rings. The first-order valence-corrected chi connectivity index (χ1v) is 13.2. The molecule has 0 bridgehead atoms. The molecule has 0 spiro atoms. The maximum absolute atomic E-state index is 13.7. The van der Waals surface area contributed by atoms with Crippen molar-refractivity contribution in [3.63, 3.8) is 0 Å². The standard InChI is InChI=1S/C30H28ClN5O4/c1-20-6-3-10-25(16-20)36-30(39)28(27(19-32-36)40-26-11-5-8-23(31)18-26)33-24-9-4-7-22(17-24)29(38)35-14-12-34(13-15-35)21(2)37/h3-11,16-19,33H,12-15H2,1-2H3. The van der Waals surface area contributed by atoms with Crippen molar-refractivity contribution < 1.29 is 14.3 Å². The molecule has 2 heterocycles. The van der Waals surface area contributed by atoms with Crippen LogP contribution in [0.1, 0.15) is 22.8 Å². The van der Waals surface area contributed by atoms with Gasteiger partial charge in [-0.05, 0) is 61.0 Å². The summed E-state index contributed by atoms with van der Waals surface area (Å²) in [5, 5.41) is 8.01. The first kappa shape index (κ1) is 27.0. The van der Waals surface area contributed by atoms with Gasteiger partial charge in [0, 0.05) is 49.4 Å². The molecule has 0 saturated carbocycles. The number of piperazine rings is 1. The maximum Gasteiger partial charge on any atom is 0.299 e. The molecule has 40 heavy (non-hydrogen) atoms. The molecule has 9 nitrogen and oxygen atoms in total. The third-order valence-electron chi connectivity index (χ3n) is 6.60. The van der Waals surface area contributed by atoms with E-state index in [0.717, 1.165) is 5.56 Å². The molecule has 0 radical (unpaired) electrons. The molecule has 1 aliphatic rings. The predicted octanol–water partition coefficient (Wildman–Crippen LogP) is 5.03. The Morgan fingerprint density at radius 1 is 0.925 bits per heavy atom.